The zero-order valence-corrected chi connectivity index (χ0v) is 10.6. The van der Waals surface area contributed by atoms with Crippen LogP contribution in [-0.4, -0.2) is 16.1 Å². The molecule has 0 atom stereocenters. The first-order chi connectivity index (χ1) is 8.04. The molecule has 0 aromatic carbocycles. The highest BCUT2D eigenvalue weighted by molar-refractivity contribution is 7.18. The number of H-pyrrole nitrogens is 1. The van der Waals surface area contributed by atoms with Crippen LogP contribution < -0.4 is 17.0 Å². The number of hydrogen-bond acceptors (Lipinski definition) is 4. The van der Waals surface area contributed by atoms with Crippen LogP contribution >= 0.6 is 11.3 Å². The van der Waals surface area contributed by atoms with E-state index in [2.05, 4.69) is 18.8 Å². The summed E-state index contributed by atoms with van der Waals surface area (Å²) < 4.78 is 1.15. The maximum absolute atomic E-state index is 12.1. The number of thiophene rings is 1. The molecule has 3 N–H and O–H groups in total. The van der Waals surface area contributed by atoms with Gasteiger partial charge in [0.1, 0.15) is 4.83 Å². The molecule has 2 aromatic rings. The van der Waals surface area contributed by atoms with E-state index in [9.17, 15) is 9.59 Å². The van der Waals surface area contributed by atoms with Gasteiger partial charge < -0.3 is 5.73 Å². The molecule has 6 heteroatoms. The van der Waals surface area contributed by atoms with E-state index >= 15 is 0 Å². The maximum Gasteiger partial charge on any atom is 0.329 e. The number of nitrogens with zero attached hydrogens (tertiary/aromatic N) is 1. The van der Waals surface area contributed by atoms with Gasteiger partial charge in [-0.1, -0.05) is 13.8 Å². The monoisotopic (exact) mass is 253 g/mol. The normalized spacial score (nSPS) is 11.5. The lowest BCUT2D eigenvalue weighted by Crippen LogP contribution is -2.36. The van der Waals surface area contributed by atoms with Crippen molar-refractivity contribution < 1.29 is 0 Å². The highest BCUT2D eigenvalue weighted by atomic mass is 32.1. The fourth-order valence-electron chi connectivity index (χ4n) is 1.68. The summed E-state index contributed by atoms with van der Waals surface area (Å²) in [7, 11) is 0. The van der Waals surface area contributed by atoms with Crippen LogP contribution in [0.2, 0.25) is 0 Å². The molecule has 2 aromatic heterocycles. The van der Waals surface area contributed by atoms with E-state index in [1.54, 1.807) is 0 Å². The fourth-order valence-corrected chi connectivity index (χ4v) is 2.72. The lowest BCUT2D eigenvalue weighted by molar-refractivity contribution is 0.647. The summed E-state index contributed by atoms with van der Waals surface area (Å²) in [6.07, 6.45) is 0. The Morgan fingerprint density at radius 2 is 2.18 bits per heavy atom. The molecule has 0 bridgehead atoms. The van der Waals surface area contributed by atoms with E-state index in [0.717, 1.165) is 9.44 Å². The van der Waals surface area contributed by atoms with Crippen molar-refractivity contribution in [3.05, 3.63) is 31.8 Å². The number of nitrogens with one attached hydrogen (secondary N) is 1. The van der Waals surface area contributed by atoms with Gasteiger partial charge in [-0.25, -0.2) is 4.79 Å². The molecule has 0 radical (unpaired) electrons. The molecule has 5 nitrogen and oxygen atoms in total. The SMILES string of the molecule is CC(C)c1cc2c(=O)n(CCN)c(=O)[nH]c2s1. The van der Waals surface area contributed by atoms with Gasteiger partial charge in [-0.2, -0.15) is 0 Å². The van der Waals surface area contributed by atoms with E-state index in [4.69, 9.17) is 5.73 Å². The Labute approximate surface area is 102 Å². The minimum absolute atomic E-state index is 0.247. The second-order valence-corrected chi connectivity index (χ2v) is 5.31. The third-order valence-electron chi connectivity index (χ3n) is 2.61. The first-order valence-electron chi connectivity index (χ1n) is 5.51. The molecule has 0 aliphatic carbocycles. The summed E-state index contributed by atoms with van der Waals surface area (Å²) in [5, 5.41) is 0.576. The second-order valence-electron chi connectivity index (χ2n) is 4.22. The molecule has 92 valence electrons. The summed E-state index contributed by atoms with van der Waals surface area (Å²) in [6, 6.07) is 1.86. The molecule has 0 spiro atoms. The van der Waals surface area contributed by atoms with Crippen molar-refractivity contribution in [2.75, 3.05) is 6.54 Å². The van der Waals surface area contributed by atoms with E-state index in [1.165, 1.54) is 11.3 Å². The fraction of sp³-hybridized carbons (Fsp3) is 0.455. The summed E-state index contributed by atoms with van der Waals surface area (Å²) >= 11 is 1.46. The van der Waals surface area contributed by atoms with E-state index in [-0.39, 0.29) is 24.3 Å². The topological polar surface area (TPSA) is 80.9 Å². The van der Waals surface area contributed by atoms with Crippen molar-refractivity contribution in [3.8, 4) is 0 Å². The third-order valence-corrected chi connectivity index (χ3v) is 3.97. The molecule has 0 saturated heterocycles. The quantitative estimate of drug-likeness (QED) is 0.850. The molecular formula is C11H15N3O2S. The zero-order chi connectivity index (χ0) is 12.6. The minimum atomic E-state index is -0.384. The number of aromatic nitrogens is 2. The van der Waals surface area contributed by atoms with E-state index in [1.807, 2.05) is 6.07 Å². The van der Waals surface area contributed by atoms with Gasteiger partial charge in [-0.05, 0) is 12.0 Å². The van der Waals surface area contributed by atoms with Crippen LogP contribution in [0, 0.1) is 0 Å². The number of hydrogen-bond donors (Lipinski definition) is 2. The minimum Gasteiger partial charge on any atom is -0.329 e. The Morgan fingerprint density at radius 3 is 2.76 bits per heavy atom. The Balaban J connectivity index is 2.74. The van der Waals surface area contributed by atoms with Crippen molar-refractivity contribution >= 4 is 21.6 Å². The van der Waals surface area contributed by atoms with Gasteiger partial charge in [0, 0.05) is 18.0 Å². The van der Waals surface area contributed by atoms with Crippen molar-refractivity contribution in [2.45, 2.75) is 26.3 Å². The average molecular weight is 253 g/mol. The first-order valence-corrected chi connectivity index (χ1v) is 6.33. The van der Waals surface area contributed by atoms with Crippen LogP contribution in [0.15, 0.2) is 15.7 Å². The Hall–Kier alpha value is -1.40. The smallest absolute Gasteiger partial charge is 0.329 e. The maximum atomic E-state index is 12.1. The summed E-state index contributed by atoms with van der Waals surface area (Å²) in [5.41, 5.74) is 4.75. The number of nitrogens with two attached hydrogens (primary N) is 1. The molecule has 17 heavy (non-hydrogen) atoms. The predicted molar refractivity (Wildman–Crippen MR) is 69.8 cm³/mol. The van der Waals surface area contributed by atoms with Crippen LogP contribution in [0.3, 0.4) is 0 Å². The largest absolute Gasteiger partial charge is 0.329 e. The highest BCUT2D eigenvalue weighted by Gasteiger charge is 2.12. The lowest BCUT2D eigenvalue weighted by Gasteiger charge is -2.00. The predicted octanol–water partition coefficient (Wildman–Crippen LogP) is 0.833. The van der Waals surface area contributed by atoms with Crippen LogP contribution in [0.25, 0.3) is 10.2 Å². The number of aromatic amines is 1. The molecule has 0 unspecified atom stereocenters. The van der Waals surface area contributed by atoms with Crippen LogP contribution in [0.5, 0.6) is 0 Å². The van der Waals surface area contributed by atoms with Gasteiger partial charge in [-0.3, -0.25) is 14.3 Å². The standard InChI is InChI=1S/C11H15N3O2S/c1-6(2)8-5-7-9(17-8)13-11(16)14(4-3-12)10(7)15/h5-6H,3-4,12H2,1-2H3,(H,13,16). The van der Waals surface area contributed by atoms with Gasteiger partial charge in [0.15, 0.2) is 0 Å². The summed E-state index contributed by atoms with van der Waals surface area (Å²) in [4.78, 5) is 28.2. The molecule has 0 amide bonds. The lowest BCUT2D eigenvalue weighted by atomic mass is 10.2. The average Bonchev–Trinajstić information content (AvgIpc) is 2.68. The van der Waals surface area contributed by atoms with Crippen molar-refractivity contribution in [2.24, 2.45) is 5.73 Å². The Morgan fingerprint density at radius 1 is 1.47 bits per heavy atom. The molecule has 2 rings (SSSR count). The summed E-state index contributed by atoms with van der Waals surface area (Å²) in [5.74, 6) is 0.346. The van der Waals surface area contributed by atoms with Crippen molar-refractivity contribution in [3.63, 3.8) is 0 Å². The van der Waals surface area contributed by atoms with Gasteiger partial charge in [0.25, 0.3) is 5.56 Å². The zero-order valence-electron chi connectivity index (χ0n) is 9.82. The first kappa shape index (κ1) is 12.1. The molecule has 0 fully saturated rings. The Kier molecular flexibility index (Phi) is 3.17. The van der Waals surface area contributed by atoms with Gasteiger partial charge in [0.2, 0.25) is 0 Å². The second kappa shape index (κ2) is 4.46. The van der Waals surface area contributed by atoms with Gasteiger partial charge >= 0.3 is 5.69 Å². The molecule has 0 aliphatic rings. The number of rotatable bonds is 3. The van der Waals surface area contributed by atoms with E-state index in [0.29, 0.717) is 16.1 Å². The van der Waals surface area contributed by atoms with Gasteiger partial charge in [-0.15, -0.1) is 11.3 Å². The summed E-state index contributed by atoms with van der Waals surface area (Å²) in [6.45, 7) is 4.63. The highest BCUT2D eigenvalue weighted by Crippen LogP contribution is 2.26. The van der Waals surface area contributed by atoms with Crippen molar-refractivity contribution in [1.82, 2.24) is 9.55 Å². The number of fused-ring (bicyclic) bond motifs is 1. The van der Waals surface area contributed by atoms with Crippen LogP contribution in [-0.2, 0) is 6.54 Å². The van der Waals surface area contributed by atoms with Gasteiger partial charge in [0.05, 0.1) is 5.39 Å². The van der Waals surface area contributed by atoms with E-state index < -0.39 is 0 Å². The molecule has 0 aliphatic heterocycles. The molecule has 0 saturated carbocycles. The van der Waals surface area contributed by atoms with Crippen LogP contribution in [0.1, 0.15) is 24.6 Å². The molecular weight excluding hydrogens is 238 g/mol. The molecule has 2 heterocycles. The Bertz CT molecular complexity index is 651. The third kappa shape index (κ3) is 2.05. The van der Waals surface area contributed by atoms with Crippen LogP contribution in [0.4, 0.5) is 0 Å². The van der Waals surface area contributed by atoms with Crippen molar-refractivity contribution in [1.29, 1.82) is 0 Å².